The van der Waals surface area contributed by atoms with Gasteiger partial charge in [-0.2, -0.15) is 0 Å². The maximum atomic E-state index is 13.4. The molecular weight excluding hydrogens is 383 g/mol. The summed E-state index contributed by atoms with van der Waals surface area (Å²) in [5.41, 5.74) is 8.10. The number of benzene rings is 2. The van der Waals surface area contributed by atoms with E-state index in [2.05, 4.69) is 9.97 Å². The highest BCUT2D eigenvalue weighted by atomic mass is 19.1. The van der Waals surface area contributed by atoms with E-state index in [9.17, 15) is 9.18 Å². The molecule has 0 bridgehead atoms. The van der Waals surface area contributed by atoms with Crippen molar-refractivity contribution in [3.8, 4) is 16.9 Å². The molecule has 0 radical (unpaired) electrons. The van der Waals surface area contributed by atoms with Crippen molar-refractivity contribution >= 4 is 11.9 Å². The summed E-state index contributed by atoms with van der Waals surface area (Å²) in [6, 6.07) is 15.4. The van der Waals surface area contributed by atoms with E-state index in [4.69, 9.17) is 10.5 Å². The molecule has 4 rings (SSSR count). The SMILES string of the molecule is Nc1ncc(-c2ccc(F)cc2)c([C@H]2CCCN2C(=O)CCOc2ccccc2)n1. The fourth-order valence-corrected chi connectivity index (χ4v) is 3.78. The minimum absolute atomic E-state index is 0.00988. The number of hydrogen-bond acceptors (Lipinski definition) is 5. The molecule has 2 aromatic carbocycles. The molecule has 1 aliphatic rings. The lowest BCUT2D eigenvalue weighted by Gasteiger charge is -2.26. The van der Waals surface area contributed by atoms with Crippen LogP contribution in [0.3, 0.4) is 0 Å². The Labute approximate surface area is 174 Å². The summed E-state index contributed by atoms with van der Waals surface area (Å²) in [5.74, 6) is 0.594. The van der Waals surface area contributed by atoms with Crippen molar-refractivity contribution in [3.63, 3.8) is 0 Å². The fourth-order valence-electron chi connectivity index (χ4n) is 3.78. The first-order valence-electron chi connectivity index (χ1n) is 9.97. The van der Waals surface area contributed by atoms with Crippen molar-refractivity contribution in [2.75, 3.05) is 18.9 Å². The topological polar surface area (TPSA) is 81.3 Å². The van der Waals surface area contributed by atoms with E-state index < -0.39 is 0 Å². The van der Waals surface area contributed by atoms with E-state index in [-0.39, 0.29) is 30.1 Å². The second-order valence-corrected chi connectivity index (χ2v) is 7.19. The predicted molar refractivity (Wildman–Crippen MR) is 112 cm³/mol. The first kappa shape index (κ1) is 19.8. The normalized spacial score (nSPS) is 15.9. The van der Waals surface area contributed by atoms with Crippen LogP contribution in [0.4, 0.5) is 10.3 Å². The lowest BCUT2D eigenvalue weighted by atomic mass is 9.99. The summed E-state index contributed by atoms with van der Waals surface area (Å²) in [4.78, 5) is 23.3. The molecule has 1 amide bonds. The zero-order valence-corrected chi connectivity index (χ0v) is 16.5. The third-order valence-corrected chi connectivity index (χ3v) is 5.21. The van der Waals surface area contributed by atoms with E-state index >= 15 is 0 Å². The third-order valence-electron chi connectivity index (χ3n) is 5.21. The van der Waals surface area contributed by atoms with E-state index in [1.54, 1.807) is 18.3 Å². The van der Waals surface area contributed by atoms with Gasteiger partial charge in [0.05, 0.1) is 24.8 Å². The second-order valence-electron chi connectivity index (χ2n) is 7.19. The van der Waals surface area contributed by atoms with Crippen molar-refractivity contribution in [1.82, 2.24) is 14.9 Å². The van der Waals surface area contributed by atoms with E-state index in [0.717, 1.165) is 29.7 Å². The minimum atomic E-state index is -0.312. The Balaban J connectivity index is 1.52. The average molecular weight is 406 g/mol. The van der Waals surface area contributed by atoms with Crippen molar-refractivity contribution in [1.29, 1.82) is 0 Å². The maximum Gasteiger partial charge on any atom is 0.226 e. The van der Waals surface area contributed by atoms with Gasteiger partial charge in [-0.05, 0) is 42.7 Å². The fraction of sp³-hybridized carbons (Fsp3) is 0.261. The molecule has 7 heteroatoms. The van der Waals surface area contributed by atoms with Gasteiger partial charge in [-0.1, -0.05) is 30.3 Å². The lowest BCUT2D eigenvalue weighted by Crippen LogP contribution is -2.32. The van der Waals surface area contributed by atoms with Crippen molar-refractivity contribution in [2.24, 2.45) is 0 Å². The number of nitrogen functional groups attached to an aromatic ring is 1. The van der Waals surface area contributed by atoms with Gasteiger partial charge in [-0.15, -0.1) is 0 Å². The van der Waals surface area contributed by atoms with Crippen LogP contribution < -0.4 is 10.5 Å². The summed E-state index contributed by atoms with van der Waals surface area (Å²) in [6.45, 7) is 0.963. The molecular formula is C23H23FN4O2. The molecule has 154 valence electrons. The molecule has 30 heavy (non-hydrogen) atoms. The number of carbonyl (C=O) groups excluding carboxylic acids is 1. The maximum absolute atomic E-state index is 13.4. The highest BCUT2D eigenvalue weighted by Crippen LogP contribution is 2.37. The number of likely N-dealkylation sites (tertiary alicyclic amines) is 1. The highest BCUT2D eigenvalue weighted by molar-refractivity contribution is 5.78. The van der Waals surface area contributed by atoms with Gasteiger partial charge in [-0.3, -0.25) is 4.79 Å². The molecule has 1 atom stereocenters. The first-order valence-corrected chi connectivity index (χ1v) is 9.97. The van der Waals surface area contributed by atoms with Crippen LogP contribution >= 0.6 is 0 Å². The van der Waals surface area contributed by atoms with Gasteiger partial charge < -0.3 is 15.4 Å². The van der Waals surface area contributed by atoms with Crippen molar-refractivity contribution < 1.29 is 13.9 Å². The summed E-state index contributed by atoms with van der Waals surface area (Å²) in [6.07, 6.45) is 3.58. The van der Waals surface area contributed by atoms with Gasteiger partial charge in [0.15, 0.2) is 0 Å². The molecule has 1 aromatic heterocycles. The number of nitrogens with zero attached hydrogens (tertiary/aromatic N) is 3. The van der Waals surface area contributed by atoms with Crippen LogP contribution in [0, 0.1) is 5.82 Å². The summed E-state index contributed by atoms with van der Waals surface area (Å²) >= 11 is 0. The molecule has 0 spiro atoms. The Morgan fingerprint density at radius 1 is 1.17 bits per heavy atom. The van der Waals surface area contributed by atoms with Gasteiger partial charge in [0, 0.05) is 18.3 Å². The second kappa shape index (κ2) is 8.90. The predicted octanol–water partition coefficient (Wildman–Crippen LogP) is 4.00. The largest absolute Gasteiger partial charge is 0.493 e. The highest BCUT2D eigenvalue weighted by Gasteiger charge is 2.32. The van der Waals surface area contributed by atoms with Gasteiger partial charge >= 0.3 is 0 Å². The van der Waals surface area contributed by atoms with E-state index in [1.807, 2.05) is 35.2 Å². The van der Waals surface area contributed by atoms with Gasteiger partial charge in [0.2, 0.25) is 11.9 Å². The average Bonchev–Trinajstić information content (AvgIpc) is 3.25. The first-order chi connectivity index (χ1) is 14.6. The molecule has 1 aliphatic heterocycles. The Bertz CT molecular complexity index is 1010. The minimum Gasteiger partial charge on any atom is -0.493 e. The number of carbonyl (C=O) groups is 1. The molecule has 0 aliphatic carbocycles. The molecule has 0 saturated carbocycles. The van der Waals surface area contributed by atoms with Crippen LogP contribution in [0.2, 0.25) is 0 Å². The molecule has 2 N–H and O–H groups in total. The van der Waals surface area contributed by atoms with Crippen LogP contribution in [0.1, 0.15) is 31.0 Å². The molecule has 2 heterocycles. The van der Waals surface area contributed by atoms with Crippen LogP contribution in [-0.4, -0.2) is 33.9 Å². The van der Waals surface area contributed by atoms with E-state index in [0.29, 0.717) is 18.8 Å². The zero-order chi connectivity index (χ0) is 20.9. The standard InChI is InChI=1S/C23H23FN4O2/c24-17-10-8-16(9-11-17)19-15-26-23(25)27-22(19)20-7-4-13-28(20)21(29)12-14-30-18-5-2-1-3-6-18/h1-3,5-6,8-11,15,20H,4,7,12-14H2,(H2,25,26,27)/t20-/m1/s1. The number of para-hydroxylation sites is 1. The monoisotopic (exact) mass is 406 g/mol. The third kappa shape index (κ3) is 4.40. The molecule has 6 nitrogen and oxygen atoms in total. The van der Waals surface area contributed by atoms with Crippen LogP contribution in [0.5, 0.6) is 5.75 Å². The van der Waals surface area contributed by atoms with Gasteiger partial charge in [0.25, 0.3) is 0 Å². The number of halogens is 1. The number of nitrogens with two attached hydrogens (primary N) is 1. The number of amides is 1. The Morgan fingerprint density at radius 2 is 1.93 bits per heavy atom. The number of anilines is 1. The van der Waals surface area contributed by atoms with Crippen LogP contribution in [-0.2, 0) is 4.79 Å². The molecule has 1 saturated heterocycles. The van der Waals surface area contributed by atoms with E-state index in [1.165, 1.54) is 12.1 Å². The molecule has 0 unspecified atom stereocenters. The number of rotatable bonds is 6. The van der Waals surface area contributed by atoms with Gasteiger partial charge in [-0.25, -0.2) is 14.4 Å². The molecule has 3 aromatic rings. The zero-order valence-electron chi connectivity index (χ0n) is 16.5. The van der Waals surface area contributed by atoms with Crippen LogP contribution in [0.25, 0.3) is 11.1 Å². The Morgan fingerprint density at radius 3 is 2.70 bits per heavy atom. The van der Waals surface area contributed by atoms with Crippen molar-refractivity contribution in [3.05, 3.63) is 72.3 Å². The lowest BCUT2D eigenvalue weighted by molar-refractivity contribution is -0.132. The molecule has 1 fully saturated rings. The quantitative estimate of drug-likeness (QED) is 0.669. The summed E-state index contributed by atoms with van der Waals surface area (Å²) < 4.78 is 19.0. The number of hydrogen-bond donors (Lipinski definition) is 1. The summed E-state index contributed by atoms with van der Waals surface area (Å²) in [5, 5.41) is 0. The van der Waals surface area contributed by atoms with Crippen LogP contribution in [0.15, 0.2) is 60.8 Å². The van der Waals surface area contributed by atoms with Crippen molar-refractivity contribution in [2.45, 2.75) is 25.3 Å². The number of ether oxygens (including phenoxy) is 1. The smallest absolute Gasteiger partial charge is 0.226 e. The Kier molecular flexibility index (Phi) is 5.88. The van der Waals surface area contributed by atoms with Gasteiger partial charge in [0.1, 0.15) is 11.6 Å². The summed E-state index contributed by atoms with van der Waals surface area (Å²) in [7, 11) is 0. The Hall–Kier alpha value is -3.48. The number of aromatic nitrogens is 2.